The van der Waals surface area contributed by atoms with Crippen LogP contribution in [0.5, 0.6) is 0 Å². The van der Waals surface area contributed by atoms with Crippen molar-refractivity contribution in [3.8, 4) is 5.69 Å². The maximum atomic E-state index is 13.6. The van der Waals surface area contributed by atoms with Gasteiger partial charge in [-0.15, -0.1) is 0 Å². The summed E-state index contributed by atoms with van der Waals surface area (Å²) >= 11 is 0. The van der Waals surface area contributed by atoms with Crippen LogP contribution in [0.1, 0.15) is 66.7 Å². The Morgan fingerprint density at radius 1 is 1.11 bits per heavy atom. The fourth-order valence-electron chi connectivity index (χ4n) is 4.71. The van der Waals surface area contributed by atoms with Gasteiger partial charge in [0, 0.05) is 13.1 Å². The first kappa shape index (κ1) is 27.0. The zero-order chi connectivity index (χ0) is 27.4. The first-order chi connectivity index (χ1) is 18.2. The van der Waals surface area contributed by atoms with Crippen molar-refractivity contribution in [2.75, 3.05) is 19.7 Å². The van der Waals surface area contributed by atoms with Crippen LogP contribution in [-0.2, 0) is 16.1 Å². The van der Waals surface area contributed by atoms with Crippen LogP contribution in [0.4, 0.5) is 0 Å². The summed E-state index contributed by atoms with van der Waals surface area (Å²) in [5.41, 5.74) is 1.55. The predicted molar refractivity (Wildman–Crippen MR) is 144 cm³/mol. The van der Waals surface area contributed by atoms with E-state index in [1.54, 1.807) is 19.1 Å². The van der Waals surface area contributed by atoms with Crippen molar-refractivity contribution in [3.63, 3.8) is 0 Å². The fraction of sp³-hybridized carbons (Fsp3) is 0.414. The van der Waals surface area contributed by atoms with Crippen LogP contribution in [0, 0.1) is 12.8 Å². The number of likely N-dealkylation sites (tertiary alicyclic amines) is 1. The van der Waals surface area contributed by atoms with E-state index in [0.29, 0.717) is 31.0 Å². The van der Waals surface area contributed by atoms with Gasteiger partial charge in [0.05, 0.1) is 24.8 Å². The molecule has 1 aliphatic rings. The molecule has 3 aromatic rings. The van der Waals surface area contributed by atoms with Gasteiger partial charge >= 0.3 is 11.7 Å². The second-order valence-electron chi connectivity index (χ2n) is 10.0. The summed E-state index contributed by atoms with van der Waals surface area (Å²) in [6.45, 7) is 8.59. The third-order valence-electron chi connectivity index (χ3n) is 6.82. The van der Waals surface area contributed by atoms with Crippen molar-refractivity contribution in [1.29, 1.82) is 0 Å². The molecule has 1 saturated heterocycles. The van der Waals surface area contributed by atoms with Crippen LogP contribution in [0.25, 0.3) is 5.69 Å². The molecule has 1 aromatic heterocycles. The number of hydrogen-bond acceptors (Lipinski definition) is 6. The van der Waals surface area contributed by atoms with Gasteiger partial charge in [-0.3, -0.25) is 19.0 Å². The van der Waals surface area contributed by atoms with Crippen molar-refractivity contribution in [2.45, 2.75) is 53.0 Å². The van der Waals surface area contributed by atoms with Gasteiger partial charge in [0.25, 0.3) is 11.5 Å². The zero-order valence-electron chi connectivity index (χ0n) is 22.3. The van der Waals surface area contributed by atoms with Crippen molar-refractivity contribution >= 4 is 11.9 Å². The number of amides is 1. The Morgan fingerprint density at radius 3 is 2.50 bits per heavy atom. The minimum absolute atomic E-state index is 0.00231. The maximum Gasteiger partial charge on any atom is 0.352 e. The number of rotatable bonds is 7. The molecule has 4 rings (SSSR count). The van der Waals surface area contributed by atoms with Crippen LogP contribution in [0.2, 0.25) is 0 Å². The van der Waals surface area contributed by atoms with Gasteiger partial charge in [0.1, 0.15) is 0 Å². The Bertz CT molecular complexity index is 1440. The average Bonchev–Trinajstić information content (AvgIpc) is 2.91. The highest BCUT2D eigenvalue weighted by atomic mass is 16.5. The van der Waals surface area contributed by atoms with Crippen LogP contribution in [0.3, 0.4) is 0 Å². The summed E-state index contributed by atoms with van der Waals surface area (Å²) < 4.78 is 7.32. The van der Waals surface area contributed by atoms with E-state index in [2.05, 4.69) is 18.9 Å². The quantitative estimate of drug-likeness (QED) is 0.445. The average molecular weight is 519 g/mol. The summed E-state index contributed by atoms with van der Waals surface area (Å²) in [6, 6.07) is 14.8. The molecule has 0 N–H and O–H groups in total. The van der Waals surface area contributed by atoms with Crippen molar-refractivity contribution in [1.82, 2.24) is 19.2 Å². The van der Waals surface area contributed by atoms with Crippen LogP contribution in [0.15, 0.2) is 58.1 Å². The molecule has 38 heavy (non-hydrogen) atoms. The fourth-order valence-corrected chi connectivity index (χ4v) is 4.71. The highest BCUT2D eigenvalue weighted by Gasteiger charge is 2.32. The highest BCUT2D eigenvalue weighted by molar-refractivity contribution is 5.92. The van der Waals surface area contributed by atoms with Gasteiger partial charge < -0.3 is 9.64 Å². The standard InChI is InChI=1S/C29H34N4O5/c1-5-38-28(36)23-10-7-15-31(18-23)26(34)25-27(35)32(17-21-9-6-8-20(4)16-21)29(37)33(30-25)24-13-11-22(12-14-24)19(2)3/h6,8-9,11-14,16,19,23H,5,7,10,15,17-18H2,1-4H3/t23-/m0/s1. The molecule has 2 heterocycles. The van der Waals surface area contributed by atoms with E-state index in [9.17, 15) is 19.2 Å². The normalized spacial score (nSPS) is 15.5. The topological polar surface area (TPSA) is 104 Å². The number of ether oxygens (including phenoxy) is 1. The molecule has 0 unspecified atom stereocenters. The number of piperidine rings is 1. The monoisotopic (exact) mass is 518 g/mol. The molecule has 0 spiro atoms. The molecule has 1 amide bonds. The molecule has 9 nitrogen and oxygen atoms in total. The predicted octanol–water partition coefficient (Wildman–Crippen LogP) is 3.29. The number of hydrogen-bond donors (Lipinski definition) is 0. The van der Waals surface area contributed by atoms with E-state index < -0.39 is 23.1 Å². The molecule has 1 atom stereocenters. The Kier molecular flexibility index (Phi) is 8.24. The third kappa shape index (κ3) is 5.77. The zero-order valence-corrected chi connectivity index (χ0v) is 22.3. The van der Waals surface area contributed by atoms with Gasteiger partial charge in [-0.2, -0.15) is 9.78 Å². The van der Waals surface area contributed by atoms with Gasteiger partial charge in [0.2, 0.25) is 5.69 Å². The summed E-state index contributed by atoms with van der Waals surface area (Å²) in [4.78, 5) is 54.5. The lowest BCUT2D eigenvalue weighted by atomic mass is 9.98. The van der Waals surface area contributed by atoms with E-state index in [4.69, 9.17) is 4.74 Å². The van der Waals surface area contributed by atoms with Crippen molar-refractivity contribution in [2.24, 2.45) is 5.92 Å². The van der Waals surface area contributed by atoms with E-state index in [1.807, 2.05) is 43.3 Å². The number of carbonyl (C=O) groups is 2. The van der Waals surface area contributed by atoms with Crippen LogP contribution >= 0.6 is 0 Å². The SMILES string of the molecule is CCOC(=O)[C@H]1CCCN(C(=O)c2nn(-c3ccc(C(C)C)cc3)c(=O)n(Cc3cccc(C)c3)c2=O)C1. The molecule has 1 fully saturated rings. The Balaban J connectivity index is 1.79. The first-order valence-electron chi connectivity index (χ1n) is 13.1. The number of aromatic nitrogens is 3. The molecule has 9 heteroatoms. The smallest absolute Gasteiger partial charge is 0.352 e. The summed E-state index contributed by atoms with van der Waals surface area (Å²) in [5, 5.41) is 4.28. The van der Waals surface area contributed by atoms with E-state index in [0.717, 1.165) is 25.9 Å². The Hall–Kier alpha value is -4.01. The number of aryl methyl sites for hydroxylation is 1. The van der Waals surface area contributed by atoms with E-state index >= 15 is 0 Å². The lowest BCUT2D eigenvalue weighted by Gasteiger charge is -2.31. The molecule has 0 saturated carbocycles. The van der Waals surface area contributed by atoms with Gasteiger partial charge in [-0.05, 0) is 55.9 Å². The van der Waals surface area contributed by atoms with Crippen molar-refractivity contribution < 1.29 is 14.3 Å². The van der Waals surface area contributed by atoms with Crippen LogP contribution in [-0.4, -0.2) is 50.8 Å². The van der Waals surface area contributed by atoms with Crippen molar-refractivity contribution in [3.05, 3.63) is 91.8 Å². The van der Waals surface area contributed by atoms with Gasteiger partial charge in [-0.1, -0.05) is 55.8 Å². The van der Waals surface area contributed by atoms with Gasteiger partial charge in [0.15, 0.2) is 0 Å². The molecular formula is C29H34N4O5. The summed E-state index contributed by atoms with van der Waals surface area (Å²) in [6.07, 6.45) is 1.21. The molecule has 2 aromatic carbocycles. The van der Waals surface area contributed by atoms with E-state index in [1.165, 1.54) is 4.90 Å². The molecule has 0 radical (unpaired) electrons. The Labute approximate surface area is 221 Å². The lowest BCUT2D eigenvalue weighted by Crippen LogP contribution is -2.49. The molecule has 200 valence electrons. The maximum absolute atomic E-state index is 13.6. The van der Waals surface area contributed by atoms with Gasteiger partial charge in [-0.25, -0.2) is 4.79 Å². The number of carbonyl (C=O) groups excluding carboxylic acids is 2. The summed E-state index contributed by atoms with van der Waals surface area (Å²) in [7, 11) is 0. The molecular weight excluding hydrogens is 484 g/mol. The third-order valence-corrected chi connectivity index (χ3v) is 6.82. The first-order valence-corrected chi connectivity index (χ1v) is 13.1. The Morgan fingerprint density at radius 2 is 1.84 bits per heavy atom. The van der Waals surface area contributed by atoms with Crippen LogP contribution < -0.4 is 11.2 Å². The molecule has 0 bridgehead atoms. The minimum atomic E-state index is -0.755. The van der Waals surface area contributed by atoms with E-state index in [-0.39, 0.29) is 31.4 Å². The second-order valence-corrected chi connectivity index (χ2v) is 10.0. The minimum Gasteiger partial charge on any atom is -0.466 e. The number of nitrogens with zero attached hydrogens (tertiary/aromatic N) is 4. The molecule has 0 aliphatic carbocycles. The lowest BCUT2D eigenvalue weighted by molar-refractivity contribution is -0.149. The number of esters is 1. The summed E-state index contributed by atoms with van der Waals surface area (Å²) in [5.74, 6) is -1.12. The second kappa shape index (κ2) is 11.6. The molecule has 1 aliphatic heterocycles. The number of benzene rings is 2. The largest absolute Gasteiger partial charge is 0.466 e. The highest BCUT2D eigenvalue weighted by Crippen LogP contribution is 2.20.